The highest BCUT2D eigenvalue weighted by atomic mass is 32.2. The van der Waals surface area contributed by atoms with Gasteiger partial charge in [-0.3, -0.25) is 9.89 Å². The Kier molecular flexibility index (Phi) is 8.93. The smallest absolute Gasteiger partial charge is 0.420 e. The zero-order valence-corrected chi connectivity index (χ0v) is 19.6. The summed E-state index contributed by atoms with van der Waals surface area (Å²) in [6, 6.07) is 5.53. The Morgan fingerprint density at radius 3 is 2.19 bits per heavy atom. The molecule has 0 fully saturated rings. The average Bonchev–Trinajstić information content (AvgIpc) is 3.27. The Balaban J connectivity index is 1.84. The van der Waals surface area contributed by atoms with Crippen molar-refractivity contribution in [2.45, 2.75) is 17.9 Å². The number of hydrogen-bond acceptors (Lipinski definition) is 7. The van der Waals surface area contributed by atoms with Crippen LogP contribution in [0.25, 0.3) is 6.08 Å². The Morgan fingerprint density at radius 1 is 0.944 bits per heavy atom. The van der Waals surface area contributed by atoms with Gasteiger partial charge >= 0.3 is 12.4 Å². The SMILES string of the molecule is COc1cc(C=C2C=NC(N(CCO)CCO)S2)ccc1Oc1ccc(C(F)(F)F)cc1C(F)(F)F. The topological polar surface area (TPSA) is 74.5 Å². The molecule has 0 saturated carbocycles. The van der Waals surface area contributed by atoms with Gasteiger partial charge in [-0.2, -0.15) is 26.3 Å². The molecule has 13 heteroatoms. The molecule has 0 aliphatic carbocycles. The predicted octanol–water partition coefficient (Wildman–Crippen LogP) is 5.25. The molecule has 6 nitrogen and oxygen atoms in total. The summed E-state index contributed by atoms with van der Waals surface area (Å²) in [5.74, 6) is -0.849. The van der Waals surface area contributed by atoms with Crippen LogP contribution < -0.4 is 9.47 Å². The van der Waals surface area contributed by atoms with Crippen LogP contribution in [0.2, 0.25) is 0 Å². The maximum absolute atomic E-state index is 13.4. The number of aliphatic imine (C=N–C) groups is 1. The van der Waals surface area contributed by atoms with Crippen molar-refractivity contribution in [2.75, 3.05) is 33.4 Å². The molecule has 1 atom stereocenters. The first-order chi connectivity index (χ1) is 17.0. The minimum atomic E-state index is -5.08. The fourth-order valence-electron chi connectivity index (χ4n) is 3.31. The first-order valence-corrected chi connectivity index (χ1v) is 11.4. The monoisotopic (exact) mass is 536 g/mol. The summed E-state index contributed by atoms with van der Waals surface area (Å²) >= 11 is 1.38. The molecule has 0 bridgehead atoms. The van der Waals surface area contributed by atoms with Gasteiger partial charge in [-0.15, -0.1) is 0 Å². The largest absolute Gasteiger partial charge is 0.493 e. The van der Waals surface area contributed by atoms with E-state index in [-0.39, 0.29) is 36.3 Å². The van der Waals surface area contributed by atoms with Crippen LogP contribution in [-0.4, -0.2) is 60.2 Å². The van der Waals surface area contributed by atoms with Gasteiger partial charge in [0.15, 0.2) is 17.0 Å². The van der Waals surface area contributed by atoms with Crippen LogP contribution in [0.4, 0.5) is 26.3 Å². The number of benzene rings is 2. The number of aliphatic hydroxyl groups is 2. The summed E-state index contributed by atoms with van der Waals surface area (Å²) in [6.45, 7) is 0.456. The second kappa shape index (κ2) is 11.5. The first kappa shape index (κ1) is 27.8. The van der Waals surface area contributed by atoms with Crippen LogP contribution in [0.5, 0.6) is 17.2 Å². The molecule has 0 spiro atoms. The van der Waals surface area contributed by atoms with Gasteiger partial charge in [0.2, 0.25) is 0 Å². The molecule has 2 N–H and O–H groups in total. The quantitative estimate of drug-likeness (QED) is 0.427. The number of methoxy groups -OCH3 is 1. The van der Waals surface area contributed by atoms with Gasteiger partial charge in [0.1, 0.15) is 5.75 Å². The molecule has 1 unspecified atom stereocenters. The number of rotatable bonds is 9. The number of ether oxygens (including phenoxy) is 2. The van der Waals surface area contributed by atoms with Crippen LogP contribution >= 0.6 is 11.8 Å². The number of nitrogens with zero attached hydrogens (tertiary/aromatic N) is 2. The molecule has 3 rings (SSSR count). The standard InChI is InChI=1S/C23H22F6N2O4S/c1-34-20-11-14(10-16-13-30-21(36-16)31(6-8-32)7-9-33)2-4-19(20)35-18-5-3-15(22(24,25)26)12-17(18)23(27,28)29/h2-5,10-13,21,32-33H,6-9H2,1H3. The highest BCUT2D eigenvalue weighted by molar-refractivity contribution is 8.04. The molecule has 1 heterocycles. The van der Waals surface area contributed by atoms with E-state index in [9.17, 15) is 36.6 Å². The molecule has 0 aromatic heterocycles. The van der Waals surface area contributed by atoms with E-state index in [1.165, 1.54) is 31.0 Å². The van der Waals surface area contributed by atoms with Crippen molar-refractivity contribution in [1.29, 1.82) is 0 Å². The Labute approximate surface area is 206 Å². The van der Waals surface area contributed by atoms with Crippen molar-refractivity contribution in [3.63, 3.8) is 0 Å². The van der Waals surface area contributed by atoms with Crippen molar-refractivity contribution in [3.8, 4) is 17.2 Å². The minimum Gasteiger partial charge on any atom is -0.493 e. The molecule has 2 aromatic carbocycles. The van der Waals surface area contributed by atoms with Gasteiger partial charge in [-0.05, 0) is 42.0 Å². The van der Waals surface area contributed by atoms with Crippen molar-refractivity contribution < 1.29 is 46.0 Å². The molecule has 2 aromatic rings. The van der Waals surface area contributed by atoms with Gasteiger partial charge in [-0.1, -0.05) is 17.8 Å². The van der Waals surface area contributed by atoms with E-state index in [0.29, 0.717) is 30.8 Å². The zero-order chi connectivity index (χ0) is 26.5. The minimum absolute atomic E-state index is 0.00450. The van der Waals surface area contributed by atoms with Crippen LogP contribution in [0.15, 0.2) is 46.3 Å². The maximum atomic E-state index is 13.4. The highest BCUT2D eigenvalue weighted by Gasteiger charge is 2.39. The van der Waals surface area contributed by atoms with E-state index in [4.69, 9.17) is 9.47 Å². The molecule has 1 aliphatic heterocycles. The first-order valence-electron chi connectivity index (χ1n) is 10.5. The maximum Gasteiger partial charge on any atom is 0.420 e. The number of aliphatic hydroxyl groups excluding tert-OH is 2. The Bertz CT molecular complexity index is 1110. The molecule has 36 heavy (non-hydrogen) atoms. The number of hydrogen-bond donors (Lipinski definition) is 2. The Morgan fingerprint density at radius 2 is 1.61 bits per heavy atom. The van der Waals surface area contributed by atoms with E-state index >= 15 is 0 Å². The third kappa shape index (κ3) is 6.93. The van der Waals surface area contributed by atoms with Crippen molar-refractivity contribution in [3.05, 3.63) is 58.0 Å². The third-order valence-electron chi connectivity index (χ3n) is 4.99. The lowest BCUT2D eigenvalue weighted by Gasteiger charge is -2.24. The van der Waals surface area contributed by atoms with E-state index in [1.54, 1.807) is 23.3 Å². The summed E-state index contributed by atoms with van der Waals surface area (Å²) in [6.07, 6.45) is -6.66. The van der Waals surface area contributed by atoms with E-state index in [0.717, 1.165) is 4.91 Å². The van der Waals surface area contributed by atoms with Crippen molar-refractivity contribution in [2.24, 2.45) is 4.99 Å². The van der Waals surface area contributed by atoms with Gasteiger partial charge in [0.05, 0.1) is 31.5 Å². The van der Waals surface area contributed by atoms with E-state index in [1.807, 2.05) is 0 Å². The highest BCUT2D eigenvalue weighted by Crippen LogP contribution is 2.43. The lowest BCUT2D eigenvalue weighted by Crippen LogP contribution is -2.35. The van der Waals surface area contributed by atoms with E-state index in [2.05, 4.69) is 4.99 Å². The third-order valence-corrected chi connectivity index (χ3v) is 6.11. The molecule has 196 valence electrons. The summed E-state index contributed by atoms with van der Waals surface area (Å²) in [7, 11) is 1.28. The van der Waals surface area contributed by atoms with Gasteiger partial charge in [-0.25, -0.2) is 0 Å². The average molecular weight is 536 g/mol. The number of allylic oxidation sites excluding steroid dienone is 1. The van der Waals surface area contributed by atoms with Crippen molar-refractivity contribution >= 4 is 24.1 Å². The van der Waals surface area contributed by atoms with Crippen molar-refractivity contribution in [1.82, 2.24) is 4.90 Å². The summed E-state index contributed by atoms with van der Waals surface area (Å²) in [5.41, 5.74) is -2.74. The van der Waals surface area contributed by atoms with E-state index < -0.39 is 29.2 Å². The molecular weight excluding hydrogens is 514 g/mol. The van der Waals surface area contributed by atoms with Crippen LogP contribution in [0.3, 0.4) is 0 Å². The van der Waals surface area contributed by atoms with Gasteiger partial charge < -0.3 is 19.7 Å². The second-order valence-electron chi connectivity index (χ2n) is 7.47. The molecule has 0 radical (unpaired) electrons. The summed E-state index contributed by atoms with van der Waals surface area (Å²) in [5, 5.41) is 18.4. The predicted molar refractivity (Wildman–Crippen MR) is 123 cm³/mol. The zero-order valence-electron chi connectivity index (χ0n) is 18.8. The number of thioether (sulfide) groups is 1. The number of halogens is 6. The van der Waals surface area contributed by atoms with Gasteiger partial charge in [0, 0.05) is 24.2 Å². The normalized spacial score (nSPS) is 17.3. The van der Waals surface area contributed by atoms with Crippen LogP contribution in [0.1, 0.15) is 16.7 Å². The lowest BCUT2D eigenvalue weighted by molar-refractivity contribution is -0.143. The summed E-state index contributed by atoms with van der Waals surface area (Å²) < 4.78 is 89.7. The molecule has 1 aliphatic rings. The summed E-state index contributed by atoms with van der Waals surface area (Å²) in [4.78, 5) is 6.90. The molecule has 0 amide bonds. The second-order valence-corrected chi connectivity index (χ2v) is 8.60. The lowest BCUT2D eigenvalue weighted by atomic mass is 10.1. The molecule has 0 saturated heterocycles. The fourth-order valence-corrected chi connectivity index (χ4v) is 4.36. The molecular formula is C23H22F6N2O4S. The Hall–Kier alpha value is -2.74. The van der Waals surface area contributed by atoms with Crippen LogP contribution in [-0.2, 0) is 12.4 Å². The van der Waals surface area contributed by atoms with Crippen LogP contribution in [0, 0.1) is 0 Å². The van der Waals surface area contributed by atoms with Gasteiger partial charge in [0.25, 0.3) is 0 Å². The number of alkyl halides is 6. The fraction of sp³-hybridized carbons (Fsp3) is 0.348.